The number of carbonyl (C=O) groups is 3. The molecule has 2 aliphatic rings. The van der Waals surface area contributed by atoms with E-state index in [-0.39, 0.29) is 24.5 Å². The monoisotopic (exact) mass is 379 g/mol. The average Bonchev–Trinajstić information content (AvgIpc) is 3.05. The van der Waals surface area contributed by atoms with Crippen molar-refractivity contribution in [1.82, 2.24) is 15.5 Å². The number of imide groups is 1. The molecule has 2 atom stereocenters. The molecule has 26 heavy (non-hydrogen) atoms. The van der Waals surface area contributed by atoms with E-state index in [1.807, 2.05) is 30.3 Å². The van der Waals surface area contributed by atoms with E-state index >= 15 is 0 Å². The Morgan fingerprint density at radius 3 is 2.62 bits per heavy atom. The number of hydrogen-bond acceptors (Lipinski definition) is 5. The second-order valence-electron chi connectivity index (χ2n) is 6.60. The van der Waals surface area contributed by atoms with E-state index in [9.17, 15) is 22.8 Å². The minimum atomic E-state index is -3.09. The lowest BCUT2D eigenvalue weighted by Crippen LogP contribution is -2.41. The molecule has 8 nitrogen and oxygen atoms in total. The van der Waals surface area contributed by atoms with Gasteiger partial charge in [-0.2, -0.15) is 0 Å². The predicted octanol–water partition coefficient (Wildman–Crippen LogP) is -0.157. The topological polar surface area (TPSA) is 113 Å². The van der Waals surface area contributed by atoms with Crippen LogP contribution in [-0.4, -0.2) is 61.3 Å². The quantitative estimate of drug-likeness (QED) is 0.667. The summed E-state index contributed by atoms with van der Waals surface area (Å²) in [5.41, 5.74) is 1.01. The maximum absolute atomic E-state index is 12.4. The largest absolute Gasteiger partial charge is 0.352 e. The summed E-state index contributed by atoms with van der Waals surface area (Å²) in [6.07, 6.45) is 0.726. The van der Waals surface area contributed by atoms with Gasteiger partial charge in [-0.1, -0.05) is 30.3 Å². The number of sulfone groups is 1. The maximum Gasteiger partial charge on any atom is 0.324 e. The fourth-order valence-electron chi connectivity index (χ4n) is 3.19. The van der Waals surface area contributed by atoms with Crippen LogP contribution in [0.2, 0.25) is 0 Å². The van der Waals surface area contributed by atoms with Gasteiger partial charge in [0.1, 0.15) is 6.04 Å². The fourth-order valence-corrected chi connectivity index (χ4v) is 4.87. The van der Waals surface area contributed by atoms with Crippen molar-refractivity contribution in [3.05, 3.63) is 35.9 Å². The lowest BCUT2D eigenvalue weighted by atomic mass is 10.1. The van der Waals surface area contributed by atoms with E-state index in [1.165, 1.54) is 0 Å². The van der Waals surface area contributed by atoms with Crippen molar-refractivity contribution in [3.8, 4) is 0 Å². The molecule has 1 aromatic rings. The number of benzene rings is 1. The summed E-state index contributed by atoms with van der Waals surface area (Å²) in [7, 11) is -3.09. The molecule has 0 unspecified atom stereocenters. The smallest absolute Gasteiger partial charge is 0.324 e. The molecule has 2 fully saturated rings. The van der Waals surface area contributed by atoms with Gasteiger partial charge in [0.2, 0.25) is 5.91 Å². The molecular formula is C17H21N3O5S. The van der Waals surface area contributed by atoms with E-state index in [4.69, 9.17) is 0 Å². The Bertz CT molecular complexity index is 809. The molecule has 140 valence electrons. The van der Waals surface area contributed by atoms with Crippen LogP contribution < -0.4 is 10.6 Å². The molecule has 0 radical (unpaired) electrons. The molecule has 2 heterocycles. The Morgan fingerprint density at radius 2 is 1.96 bits per heavy atom. The van der Waals surface area contributed by atoms with Crippen LogP contribution in [0.5, 0.6) is 0 Å². The van der Waals surface area contributed by atoms with Gasteiger partial charge in [0.05, 0.1) is 17.9 Å². The first-order valence-corrected chi connectivity index (χ1v) is 10.3. The van der Waals surface area contributed by atoms with Crippen LogP contribution >= 0.6 is 0 Å². The predicted molar refractivity (Wildman–Crippen MR) is 94.0 cm³/mol. The van der Waals surface area contributed by atoms with Crippen LogP contribution in [0.15, 0.2) is 30.3 Å². The molecule has 9 heteroatoms. The summed E-state index contributed by atoms with van der Waals surface area (Å²) in [4.78, 5) is 37.6. The first-order chi connectivity index (χ1) is 12.3. The van der Waals surface area contributed by atoms with Gasteiger partial charge in [0.25, 0.3) is 5.91 Å². The summed E-state index contributed by atoms with van der Waals surface area (Å²) in [6.45, 7) is 0.244. The fraction of sp³-hybridized carbons (Fsp3) is 0.471. The van der Waals surface area contributed by atoms with Gasteiger partial charge in [-0.25, -0.2) is 13.2 Å². The summed E-state index contributed by atoms with van der Waals surface area (Å²) < 4.78 is 22.8. The third-order valence-corrected chi connectivity index (χ3v) is 6.33. The van der Waals surface area contributed by atoms with E-state index in [0.29, 0.717) is 12.8 Å². The Hall–Kier alpha value is -2.42. The summed E-state index contributed by atoms with van der Waals surface area (Å²) in [5, 5.41) is 5.15. The average molecular weight is 379 g/mol. The Morgan fingerprint density at radius 1 is 1.23 bits per heavy atom. The van der Waals surface area contributed by atoms with Crippen molar-refractivity contribution < 1.29 is 22.8 Å². The van der Waals surface area contributed by atoms with Crippen molar-refractivity contribution in [1.29, 1.82) is 0 Å². The lowest BCUT2D eigenvalue weighted by molar-refractivity contribution is -0.131. The highest BCUT2D eigenvalue weighted by Gasteiger charge is 2.39. The first kappa shape index (κ1) is 18.4. The molecule has 0 saturated carbocycles. The Kier molecular flexibility index (Phi) is 5.26. The van der Waals surface area contributed by atoms with E-state index in [0.717, 1.165) is 10.5 Å². The number of carbonyl (C=O) groups excluding carboxylic acids is 3. The second kappa shape index (κ2) is 7.45. The number of hydrogen-bond donors (Lipinski definition) is 2. The minimum absolute atomic E-state index is 0.0598. The van der Waals surface area contributed by atoms with Gasteiger partial charge in [0, 0.05) is 12.6 Å². The minimum Gasteiger partial charge on any atom is -0.352 e. The van der Waals surface area contributed by atoms with Gasteiger partial charge in [-0.3, -0.25) is 14.5 Å². The number of nitrogens with zero attached hydrogens (tertiary/aromatic N) is 1. The number of urea groups is 1. The van der Waals surface area contributed by atoms with Crippen molar-refractivity contribution >= 4 is 27.7 Å². The first-order valence-electron chi connectivity index (χ1n) is 8.50. The van der Waals surface area contributed by atoms with Gasteiger partial charge in [-0.05, 0) is 18.4 Å². The highest BCUT2D eigenvalue weighted by Crippen LogP contribution is 2.14. The zero-order chi connectivity index (χ0) is 18.7. The third-order valence-electron chi connectivity index (χ3n) is 4.56. The van der Waals surface area contributed by atoms with E-state index in [2.05, 4.69) is 10.6 Å². The van der Waals surface area contributed by atoms with Gasteiger partial charge < -0.3 is 10.6 Å². The van der Waals surface area contributed by atoms with Crippen LogP contribution in [-0.2, 0) is 25.8 Å². The molecule has 3 rings (SSSR count). The maximum atomic E-state index is 12.4. The van der Waals surface area contributed by atoms with Gasteiger partial charge in [-0.15, -0.1) is 0 Å². The number of nitrogens with one attached hydrogen (secondary N) is 2. The highest BCUT2D eigenvalue weighted by molar-refractivity contribution is 7.91. The molecule has 0 spiro atoms. The van der Waals surface area contributed by atoms with Crippen molar-refractivity contribution in [2.24, 2.45) is 0 Å². The number of rotatable bonds is 6. The van der Waals surface area contributed by atoms with Crippen LogP contribution in [0, 0.1) is 0 Å². The van der Waals surface area contributed by atoms with Crippen LogP contribution in [0.3, 0.4) is 0 Å². The van der Waals surface area contributed by atoms with Gasteiger partial charge >= 0.3 is 6.03 Å². The lowest BCUT2D eigenvalue weighted by Gasteiger charge is -2.14. The molecule has 2 saturated heterocycles. The zero-order valence-electron chi connectivity index (χ0n) is 14.2. The highest BCUT2D eigenvalue weighted by atomic mass is 32.2. The normalized spacial score (nSPS) is 24.5. The Labute approximate surface area is 151 Å². The standard InChI is InChI=1S/C17H21N3O5S/c21-15(18-13-7-9-26(24,25)11-13)10-14-16(22)20(17(23)19-14)8-6-12-4-2-1-3-5-12/h1-5,13-14H,6-11H2,(H,18,21)(H,19,23)/t13-,14+/m0/s1. The Balaban J connectivity index is 1.51. The molecule has 1 aromatic carbocycles. The third kappa shape index (κ3) is 4.40. The number of amides is 4. The molecule has 2 N–H and O–H groups in total. The van der Waals surface area contributed by atoms with Crippen molar-refractivity contribution in [2.75, 3.05) is 18.1 Å². The summed E-state index contributed by atoms with van der Waals surface area (Å²) in [6, 6.07) is 7.66. The van der Waals surface area contributed by atoms with Crippen LogP contribution in [0.1, 0.15) is 18.4 Å². The SMILES string of the molecule is O=C(C[C@H]1NC(=O)N(CCc2ccccc2)C1=O)N[C@H]1CCS(=O)(=O)C1. The summed E-state index contributed by atoms with van der Waals surface area (Å²) >= 11 is 0. The molecule has 0 aliphatic carbocycles. The molecule has 0 bridgehead atoms. The van der Waals surface area contributed by atoms with Crippen molar-refractivity contribution in [3.63, 3.8) is 0 Å². The van der Waals surface area contributed by atoms with Crippen LogP contribution in [0.4, 0.5) is 4.79 Å². The zero-order valence-corrected chi connectivity index (χ0v) is 15.0. The van der Waals surface area contributed by atoms with Crippen LogP contribution in [0.25, 0.3) is 0 Å². The molecule has 4 amide bonds. The molecular weight excluding hydrogens is 358 g/mol. The molecule has 0 aromatic heterocycles. The second-order valence-corrected chi connectivity index (χ2v) is 8.83. The van der Waals surface area contributed by atoms with Gasteiger partial charge in [0.15, 0.2) is 9.84 Å². The van der Waals surface area contributed by atoms with E-state index in [1.54, 1.807) is 0 Å². The van der Waals surface area contributed by atoms with Crippen molar-refractivity contribution in [2.45, 2.75) is 31.3 Å². The van der Waals surface area contributed by atoms with E-state index < -0.39 is 39.8 Å². The summed E-state index contributed by atoms with van der Waals surface area (Å²) in [5.74, 6) is -0.882. The molecule has 2 aliphatic heterocycles.